The van der Waals surface area contributed by atoms with E-state index in [1.54, 1.807) is 43.3 Å². The first-order chi connectivity index (χ1) is 17.9. The van der Waals surface area contributed by atoms with Crippen LogP contribution in [-0.2, 0) is 33.8 Å². The molecule has 1 aliphatic carbocycles. The molecule has 4 rings (SSSR count). The second kappa shape index (κ2) is 12.5. The van der Waals surface area contributed by atoms with Crippen LogP contribution in [0, 0.1) is 0 Å². The first-order valence-electron chi connectivity index (χ1n) is 11.9. The first kappa shape index (κ1) is 26.4. The number of carbonyl (C=O) groups is 3. The summed E-state index contributed by atoms with van der Waals surface area (Å²) in [5.41, 5.74) is 5.12. The van der Waals surface area contributed by atoms with Crippen molar-refractivity contribution in [2.45, 2.75) is 39.2 Å². The van der Waals surface area contributed by atoms with Crippen molar-refractivity contribution >= 4 is 51.9 Å². The lowest BCUT2D eigenvalue weighted by Crippen LogP contribution is -2.32. The van der Waals surface area contributed by atoms with Gasteiger partial charge in [-0.05, 0) is 73.6 Å². The number of fused-ring (bicyclic) bond motifs is 1. The molecule has 10 heteroatoms. The summed E-state index contributed by atoms with van der Waals surface area (Å²) in [6.45, 7) is 2.32. The van der Waals surface area contributed by atoms with Crippen LogP contribution in [0.5, 0.6) is 5.75 Å². The van der Waals surface area contributed by atoms with Crippen LogP contribution < -0.4 is 15.5 Å². The summed E-state index contributed by atoms with van der Waals surface area (Å²) in [7, 11) is 0. The fraction of sp³-hybridized carbons (Fsp3) is 0.259. The molecule has 3 aromatic rings. The normalized spacial score (nSPS) is 12.6. The van der Waals surface area contributed by atoms with Gasteiger partial charge in [0, 0.05) is 9.90 Å². The Morgan fingerprint density at radius 2 is 1.86 bits per heavy atom. The number of nitrogens with one attached hydrogen (secondary N) is 2. The van der Waals surface area contributed by atoms with Crippen molar-refractivity contribution in [2.75, 3.05) is 11.9 Å². The lowest BCUT2D eigenvalue weighted by Gasteiger charge is -2.12. The van der Waals surface area contributed by atoms with Gasteiger partial charge >= 0.3 is 17.8 Å². The van der Waals surface area contributed by atoms with Crippen LogP contribution in [0.4, 0.5) is 5.00 Å². The zero-order valence-corrected chi connectivity index (χ0v) is 21.8. The van der Waals surface area contributed by atoms with Gasteiger partial charge in [0.1, 0.15) is 17.4 Å². The van der Waals surface area contributed by atoms with Gasteiger partial charge in [-0.2, -0.15) is 5.10 Å². The van der Waals surface area contributed by atoms with Gasteiger partial charge in [-0.25, -0.2) is 10.2 Å². The predicted molar refractivity (Wildman–Crippen MR) is 144 cm³/mol. The molecule has 0 fully saturated rings. The quantitative estimate of drug-likeness (QED) is 0.179. The second-order valence-corrected chi connectivity index (χ2v) is 9.82. The van der Waals surface area contributed by atoms with Crippen molar-refractivity contribution in [3.63, 3.8) is 0 Å². The standard InChI is InChI=1S/C27H26ClN3O5S/c1-2-35-27(34)23-21-8-3-4-9-22(21)37-26(23)30-24(32)25(33)31-29-15-18-6-5-7-20(14-18)36-16-17-10-12-19(28)13-11-17/h5-7,10-15H,2-4,8-9,16H2,1H3,(H,30,32)(H,31,33)/b29-15+. The fourth-order valence-corrected chi connectivity index (χ4v) is 5.28. The number of hydrazone groups is 1. The van der Waals surface area contributed by atoms with Crippen LogP contribution in [0.25, 0.3) is 0 Å². The highest BCUT2D eigenvalue weighted by Crippen LogP contribution is 2.38. The van der Waals surface area contributed by atoms with E-state index in [1.807, 2.05) is 12.1 Å². The average molecular weight is 540 g/mol. The van der Waals surface area contributed by atoms with E-state index in [9.17, 15) is 14.4 Å². The van der Waals surface area contributed by atoms with Crippen LogP contribution in [0.3, 0.4) is 0 Å². The van der Waals surface area contributed by atoms with Gasteiger partial charge in [0.15, 0.2) is 0 Å². The maximum Gasteiger partial charge on any atom is 0.341 e. The van der Waals surface area contributed by atoms with E-state index in [0.29, 0.717) is 33.5 Å². The van der Waals surface area contributed by atoms with E-state index < -0.39 is 17.8 Å². The molecule has 2 aromatic carbocycles. The summed E-state index contributed by atoms with van der Waals surface area (Å²) in [6, 6.07) is 14.5. The van der Waals surface area contributed by atoms with E-state index in [4.69, 9.17) is 21.1 Å². The molecule has 1 aliphatic rings. The van der Waals surface area contributed by atoms with Crippen LogP contribution in [-0.4, -0.2) is 30.6 Å². The predicted octanol–water partition coefficient (Wildman–Crippen LogP) is 5.12. The highest BCUT2D eigenvalue weighted by atomic mass is 35.5. The summed E-state index contributed by atoms with van der Waals surface area (Å²) in [5.74, 6) is -1.74. The third-order valence-electron chi connectivity index (χ3n) is 5.64. The minimum Gasteiger partial charge on any atom is -0.489 e. The molecule has 0 saturated carbocycles. The highest BCUT2D eigenvalue weighted by molar-refractivity contribution is 7.17. The summed E-state index contributed by atoms with van der Waals surface area (Å²) in [5, 5.41) is 7.44. The van der Waals surface area contributed by atoms with E-state index in [2.05, 4.69) is 15.8 Å². The van der Waals surface area contributed by atoms with Crippen LogP contribution in [0.2, 0.25) is 5.02 Å². The number of aryl methyl sites for hydroxylation is 1. The smallest absolute Gasteiger partial charge is 0.341 e. The number of amides is 2. The van der Waals surface area contributed by atoms with Gasteiger partial charge in [-0.15, -0.1) is 11.3 Å². The largest absolute Gasteiger partial charge is 0.489 e. The molecule has 1 aromatic heterocycles. The van der Waals surface area contributed by atoms with Gasteiger partial charge in [-0.1, -0.05) is 35.9 Å². The number of anilines is 1. The van der Waals surface area contributed by atoms with Crippen LogP contribution in [0.15, 0.2) is 53.6 Å². The first-order valence-corrected chi connectivity index (χ1v) is 13.1. The van der Waals surface area contributed by atoms with E-state index in [-0.39, 0.29) is 6.61 Å². The molecular formula is C27H26ClN3O5S. The van der Waals surface area contributed by atoms with Crippen LogP contribution in [0.1, 0.15) is 51.7 Å². The van der Waals surface area contributed by atoms with Gasteiger partial charge in [0.2, 0.25) is 0 Å². The Labute approximate surface area is 223 Å². The van der Waals surface area contributed by atoms with E-state index in [1.165, 1.54) is 17.6 Å². The molecule has 0 bridgehead atoms. The zero-order chi connectivity index (χ0) is 26.2. The monoisotopic (exact) mass is 539 g/mol. The lowest BCUT2D eigenvalue weighted by atomic mass is 9.95. The van der Waals surface area contributed by atoms with Gasteiger partial charge < -0.3 is 14.8 Å². The van der Waals surface area contributed by atoms with E-state index in [0.717, 1.165) is 41.7 Å². The molecule has 0 spiro atoms. The maximum atomic E-state index is 12.5. The number of rotatable bonds is 8. The Morgan fingerprint density at radius 1 is 1.08 bits per heavy atom. The molecule has 0 atom stereocenters. The molecule has 37 heavy (non-hydrogen) atoms. The third kappa shape index (κ3) is 6.96. The van der Waals surface area contributed by atoms with Crippen molar-refractivity contribution in [3.05, 3.63) is 80.7 Å². The maximum absolute atomic E-state index is 12.5. The number of halogens is 1. The fourth-order valence-electron chi connectivity index (χ4n) is 3.88. The van der Waals surface area contributed by atoms with Gasteiger partial charge in [0.25, 0.3) is 0 Å². The molecule has 192 valence electrons. The number of hydrogen-bond donors (Lipinski definition) is 2. The summed E-state index contributed by atoms with van der Waals surface area (Å²) < 4.78 is 11.0. The Morgan fingerprint density at radius 3 is 2.65 bits per heavy atom. The Hall–Kier alpha value is -3.69. The number of esters is 1. The molecule has 0 aliphatic heterocycles. The second-order valence-electron chi connectivity index (χ2n) is 8.28. The molecule has 2 amide bonds. The molecule has 2 N–H and O–H groups in total. The van der Waals surface area contributed by atoms with Gasteiger partial charge in [-0.3, -0.25) is 9.59 Å². The minimum atomic E-state index is -0.951. The molecule has 0 radical (unpaired) electrons. The van der Waals surface area contributed by atoms with E-state index >= 15 is 0 Å². The molecule has 8 nitrogen and oxygen atoms in total. The number of nitrogens with zero attached hydrogens (tertiary/aromatic N) is 1. The minimum absolute atomic E-state index is 0.222. The van der Waals surface area contributed by atoms with Crippen molar-refractivity contribution in [1.82, 2.24) is 5.43 Å². The molecule has 0 unspecified atom stereocenters. The average Bonchev–Trinajstić information content (AvgIpc) is 3.26. The Balaban J connectivity index is 1.35. The topological polar surface area (TPSA) is 106 Å². The SMILES string of the molecule is CCOC(=O)c1c(NC(=O)C(=O)N/N=C/c2cccc(OCc3ccc(Cl)cc3)c2)sc2c1CCCC2. The number of thiophene rings is 1. The summed E-state index contributed by atoms with van der Waals surface area (Å²) >= 11 is 7.22. The summed E-state index contributed by atoms with van der Waals surface area (Å²) in [4.78, 5) is 38.5. The van der Waals surface area contributed by atoms with Crippen molar-refractivity contribution in [2.24, 2.45) is 5.10 Å². The highest BCUT2D eigenvalue weighted by Gasteiger charge is 2.28. The Bertz CT molecular complexity index is 1320. The number of ether oxygens (including phenoxy) is 2. The van der Waals surface area contributed by atoms with Crippen molar-refractivity contribution in [1.29, 1.82) is 0 Å². The Kier molecular flexibility index (Phi) is 8.92. The van der Waals surface area contributed by atoms with Gasteiger partial charge in [0.05, 0.1) is 18.4 Å². The molecule has 0 saturated heterocycles. The van der Waals surface area contributed by atoms with Crippen molar-refractivity contribution < 1.29 is 23.9 Å². The summed E-state index contributed by atoms with van der Waals surface area (Å²) in [6.07, 6.45) is 4.97. The van der Waals surface area contributed by atoms with Crippen molar-refractivity contribution in [3.8, 4) is 5.75 Å². The lowest BCUT2D eigenvalue weighted by molar-refractivity contribution is -0.136. The third-order valence-corrected chi connectivity index (χ3v) is 7.10. The zero-order valence-electron chi connectivity index (χ0n) is 20.2. The number of hydrogen-bond acceptors (Lipinski definition) is 7. The van der Waals surface area contributed by atoms with Crippen LogP contribution >= 0.6 is 22.9 Å². The number of benzene rings is 2. The molecular weight excluding hydrogens is 514 g/mol. The number of carbonyl (C=O) groups excluding carboxylic acids is 3. The molecule has 1 heterocycles.